The van der Waals surface area contributed by atoms with Crippen molar-refractivity contribution < 1.29 is 9.53 Å². The molecule has 0 unspecified atom stereocenters. The average Bonchev–Trinajstić information content (AvgIpc) is 2.93. The highest BCUT2D eigenvalue weighted by Gasteiger charge is 2.23. The number of rotatable bonds is 6. The zero-order valence-corrected chi connectivity index (χ0v) is 20.0. The lowest BCUT2D eigenvalue weighted by atomic mass is 10.1. The van der Waals surface area contributed by atoms with Crippen LogP contribution in [0.3, 0.4) is 0 Å². The standard InChI is InChI=1S/C28H29N5O2/c1-20(21-9-4-3-5-10-21)29-28(34)26-24-13-6-7-14-25(24)27(31-30-26)33-17-15-32(16-18-33)22-11-8-12-23(19-22)35-2/h3-14,19-20H,15-18H2,1-2H3,(H,29,34)/t20-/m0/s1. The number of aromatic nitrogens is 2. The number of benzene rings is 3. The monoisotopic (exact) mass is 467 g/mol. The molecule has 1 aromatic heterocycles. The molecule has 1 fully saturated rings. The van der Waals surface area contributed by atoms with Gasteiger partial charge in [-0.05, 0) is 24.6 Å². The molecule has 5 rings (SSSR count). The molecule has 2 heterocycles. The number of carbonyl (C=O) groups excluding carboxylic acids is 1. The molecule has 3 aromatic carbocycles. The van der Waals surface area contributed by atoms with Crippen LogP contribution in [-0.4, -0.2) is 49.4 Å². The molecule has 178 valence electrons. The second-order valence-corrected chi connectivity index (χ2v) is 8.70. The Kier molecular flexibility index (Phi) is 6.48. The van der Waals surface area contributed by atoms with Crippen LogP contribution in [0.25, 0.3) is 10.8 Å². The first-order valence-corrected chi connectivity index (χ1v) is 11.9. The van der Waals surface area contributed by atoms with Gasteiger partial charge >= 0.3 is 0 Å². The summed E-state index contributed by atoms with van der Waals surface area (Å²) in [4.78, 5) is 17.7. The van der Waals surface area contributed by atoms with Gasteiger partial charge in [0.15, 0.2) is 11.5 Å². The molecule has 1 saturated heterocycles. The summed E-state index contributed by atoms with van der Waals surface area (Å²) in [6, 6.07) is 25.8. The molecular weight excluding hydrogens is 438 g/mol. The zero-order valence-electron chi connectivity index (χ0n) is 20.0. The van der Waals surface area contributed by atoms with Gasteiger partial charge in [0.25, 0.3) is 5.91 Å². The van der Waals surface area contributed by atoms with Crippen molar-refractivity contribution in [2.24, 2.45) is 0 Å². The van der Waals surface area contributed by atoms with Gasteiger partial charge < -0.3 is 19.9 Å². The fourth-order valence-electron chi connectivity index (χ4n) is 4.56. The molecule has 7 nitrogen and oxygen atoms in total. The van der Waals surface area contributed by atoms with Crippen molar-refractivity contribution in [3.8, 4) is 5.75 Å². The van der Waals surface area contributed by atoms with Crippen molar-refractivity contribution in [3.05, 3.63) is 90.1 Å². The van der Waals surface area contributed by atoms with Crippen LogP contribution in [0.1, 0.15) is 29.0 Å². The summed E-state index contributed by atoms with van der Waals surface area (Å²) in [6.07, 6.45) is 0. The first kappa shape index (κ1) is 22.7. The minimum absolute atomic E-state index is 0.131. The van der Waals surface area contributed by atoms with Gasteiger partial charge in [0.05, 0.1) is 13.2 Å². The van der Waals surface area contributed by atoms with Gasteiger partial charge in [-0.15, -0.1) is 10.2 Å². The van der Waals surface area contributed by atoms with Crippen LogP contribution in [-0.2, 0) is 0 Å². The molecule has 4 aromatic rings. The van der Waals surface area contributed by atoms with E-state index in [2.05, 4.69) is 37.4 Å². The molecule has 1 aliphatic heterocycles. The van der Waals surface area contributed by atoms with Gasteiger partial charge in [0, 0.05) is 48.7 Å². The Bertz CT molecular complexity index is 1320. The smallest absolute Gasteiger partial charge is 0.272 e. The van der Waals surface area contributed by atoms with E-state index in [0.29, 0.717) is 5.69 Å². The fourth-order valence-corrected chi connectivity index (χ4v) is 4.56. The number of nitrogens with zero attached hydrogens (tertiary/aromatic N) is 4. The summed E-state index contributed by atoms with van der Waals surface area (Å²) in [5.74, 6) is 1.45. The summed E-state index contributed by atoms with van der Waals surface area (Å²) in [7, 11) is 1.69. The lowest BCUT2D eigenvalue weighted by molar-refractivity contribution is 0.0935. The Labute approximate surface area is 205 Å². The second-order valence-electron chi connectivity index (χ2n) is 8.70. The average molecular weight is 468 g/mol. The normalized spacial score (nSPS) is 14.6. The van der Waals surface area contributed by atoms with Gasteiger partial charge in [-0.2, -0.15) is 0 Å². The van der Waals surface area contributed by atoms with Crippen LogP contribution in [0.5, 0.6) is 5.75 Å². The van der Waals surface area contributed by atoms with Crippen molar-refractivity contribution in [2.75, 3.05) is 43.1 Å². The van der Waals surface area contributed by atoms with E-state index in [-0.39, 0.29) is 11.9 Å². The molecule has 0 bridgehead atoms. The quantitative estimate of drug-likeness (QED) is 0.452. The number of fused-ring (bicyclic) bond motifs is 1. The molecule has 1 N–H and O–H groups in total. The first-order valence-electron chi connectivity index (χ1n) is 11.9. The fraction of sp³-hybridized carbons (Fsp3) is 0.250. The Morgan fingerprint density at radius 1 is 0.857 bits per heavy atom. The Morgan fingerprint density at radius 2 is 1.54 bits per heavy atom. The van der Waals surface area contributed by atoms with Crippen molar-refractivity contribution >= 4 is 28.2 Å². The van der Waals surface area contributed by atoms with E-state index >= 15 is 0 Å². The van der Waals surface area contributed by atoms with E-state index in [0.717, 1.165) is 59.8 Å². The Morgan fingerprint density at radius 3 is 2.29 bits per heavy atom. The van der Waals surface area contributed by atoms with E-state index in [9.17, 15) is 4.79 Å². The lowest BCUT2D eigenvalue weighted by Crippen LogP contribution is -2.47. The summed E-state index contributed by atoms with van der Waals surface area (Å²) >= 11 is 0. The van der Waals surface area contributed by atoms with Crippen LogP contribution in [0.4, 0.5) is 11.5 Å². The van der Waals surface area contributed by atoms with E-state index in [1.165, 1.54) is 0 Å². The minimum Gasteiger partial charge on any atom is -0.497 e. The molecule has 35 heavy (non-hydrogen) atoms. The third kappa shape index (κ3) is 4.75. The number of piperazine rings is 1. The van der Waals surface area contributed by atoms with Crippen molar-refractivity contribution in [1.29, 1.82) is 0 Å². The van der Waals surface area contributed by atoms with Crippen molar-refractivity contribution in [2.45, 2.75) is 13.0 Å². The minimum atomic E-state index is -0.223. The number of methoxy groups -OCH3 is 1. The Balaban J connectivity index is 1.35. The van der Waals surface area contributed by atoms with Crippen molar-refractivity contribution in [3.63, 3.8) is 0 Å². The van der Waals surface area contributed by atoms with Crippen molar-refractivity contribution in [1.82, 2.24) is 15.5 Å². The maximum atomic E-state index is 13.1. The number of ether oxygens (including phenoxy) is 1. The molecular formula is C28H29N5O2. The number of carbonyl (C=O) groups is 1. The third-order valence-electron chi connectivity index (χ3n) is 6.53. The summed E-state index contributed by atoms with van der Waals surface area (Å²) in [5.41, 5.74) is 2.55. The van der Waals surface area contributed by atoms with Gasteiger partial charge in [-0.3, -0.25) is 4.79 Å². The molecule has 0 saturated carbocycles. The Hall–Kier alpha value is -4.13. The molecule has 7 heteroatoms. The highest BCUT2D eigenvalue weighted by molar-refractivity contribution is 6.07. The summed E-state index contributed by atoms with van der Waals surface area (Å²) < 4.78 is 5.38. The van der Waals surface area contributed by atoms with Gasteiger partial charge in [0.2, 0.25) is 0 Å². The zero-order chi connectivity index (χ0) is 24.2. The van der Waals surface area contributed by atoms with Crippen LogP contribution in [0.15, 0.2) is 78.9 Å². The predicted octanol–water partition coefficient (Wildman–Crippen LogP) is 4.46. The topological polar surface area (TPSA) is 70.6 Å². The summed E-state index contributed by atoms with van der Waals surface area (Å²) in [6.45, 7) is 5.32. The number of anilines is 2. The van der Waals surface area contributed by atoms with Gasteiger partial charge in [-0.1, -0.05) is 60.7 Å². The molecule has 0 radical (unpaired) electrons. The number of amides is 1. The second kappa shape index (κ2) is 10.0. The van der Waals surface area contributed by atoms with Crippen LogP contribution >= 0.6 is 0 Å². The van der Waals surface area contributed by atoms with Crippen LogP contribution < -0.4 is 19.9 Å². The van der Waals surface area contributed by atoms with Gasteiger partial charge in [0.1, 0.15) is 5.75 Å². The number of hydrogen-bond donors (Lipinski definition) is 1. The number of hydrogen-bond acceptors (Lipinski definition) is 6. The summed E-state index contributed by atoms with van der Waals surface area (Å²) in [5, 5.41) is 13.7. The molecule has 1 amide bonds. The van der Waals surface area contributed by atoms with Crippen LogP contribution in [0.2, 0.25) is 0 Å². The van der Waals surface area contributed by atoms with E-state index < -0.39 is 0 Å². The highest BCUT2D eigenvalue weighted by atomic mass is 16.5. The highest BCUT2D eigenvalue weighted by Crippen LogP contribution is 2.28. The largest absolute Gasteiger partial charge is 0.497 e. The first-order chi connectivity index (χ1) is 17.1. The maximum absolute atomic E-state index is 13.1. The maximum Gasteiger partial charge on any atom is 0.272 e. The van der Waals surface area contributed by atoms with E-state index in [1.54, 1.807) is 7.11 Å². The molecule has 1 aliphatic rings. The van der Waals surface area contributed by atoms with E-state index in [4.69, 9.17) is 4.74 Å². The lowest BCUT2D eigenvalue weighted by Gasteiger charge is -2.37. The van der Waals surface area contributed by atoms with Gasteiger partial charge in [-0.25, -0.2) is 0 Å². The predicted molar refractivity (Wildman–Crippen MR) is 139 cm³/mol. The third-order valence-corrected chi connectivity index (χ3v) is 6.53. The molecule has 1 atom stereocenters. The van der Waals surface area contributed by atoms with E-state index in [1.807, 2.05) is 73.7 Å². The SMILES string of the molecule is COc1cccc(N2CCN(c3nnc(C(=O)N[C@@H](C)c4ccccc4)c4ccccc34)CC2)c1. The number of nitrogens with one attached hydrogen (secondary N) is 1. The van der Waals surface area contributed by atoms with Crippen LogP contribution in [0, 0.1) is 0 Å². The molecule has 0 spiro atoms. The molecule has 0 aliphatic carbocycles.